The Morgan fingerprint density at radius 2 is 1.12 bits per heavy atom. The van der Waals surface area contributed by atoms with Crippen molar-refractivity contribution in [2.75, 3.05) is 35.0 Å². The Hall–Kier alpha value is -6.67. The van der Waals surface area contributed by atoms with Gasteiger partial charge in [-0.15, -0.1) is 0 Å². The molecule has 0 saturated heterocycles. The number of methoxy groups -OCH3 is 4. The van der Waals surface area contributed by atoms with E-state index in [1.54, 1.807) is 18.3 Å². The van der Waals surface area contributed by atoms with E-state index >= 15 is 0 Å². The number of nitrogens with zero attached hydrogens (tertiary/aromatic N) is 6. The summed E-state index contributed by atoms with van der Waals surface area (Å²) in [5, 5.41) is 28.4. The van der Waals surface area contributed by atoms with Gasteiger partial charge in [0.25, 0.3) is 0 Å². The maximum Gasteiger partial charge on any atom is 0.343 e. The van der Waals surface area contributed by atoms with E-state index in [0.717, 1.165) is 10.9 Å². The zero-order chi connectivity index (χ0) is 44.1. The third kappa shape index (κ3) is 12.4. The molecule has 4 aromatic heterocycles. The molecule has 0 aliphatic carbocycles. The van der Waals surface area contributed by atoms with Gasteiger partial charge in [-0.3, -0.25) is 4.98 Å². The first-order chi connectivity index (χ1) is 28.6. The number of carbonyl (C=O) groups is 3. The van der Waals surface area contributed by atoms with Gasteiger partial charge < -0.3 is 48.5 Å². The van der Waals surface area contributed by atoms with Crippen LogP contribution in [-0.2, 0) is 4.79 Å². The van der Waals surface area contributed by atoms with Gasteiger partial charge >= 0.3 is 29.9 Å². The molecule has 19 nitrogen and oxygen atoms in total. The monoisotopic (exact) mass is 906 g/mol. The highest BCUT2D eigenvalue weighted by Crippen LogP contribution is 2.35. The van der Waals surface area contributed by atoms with Crippen molar-refractivity contribution in [3.63, 3.8) is 0 Å². The Labute approximate surface area is 359 Å². The van der Waals surface area contributed by atoms with E-state index in [1.165, 1.54) is 64.8 Å². The average Bonchev–Trinajstić information content (AvgIpc) is 3.21. The number of pyridine rings is 2. The molecule has 0 unspecified atom stereocenters. The number of carboxylic acid groups (broad SMARTS) is 3. The first-order valence-corrected chi connectivity index (χ1v) is 17.9. The van der Waals surface area contributed by atoms with E-state index in [9.17, 15) is 19.5 Å². The molecule has 0 spiro atoms. The van der Waals surface area contributed by atoms with Crippen LogP contribution in [-0.4, -0.2) is 98.2 Å². The lowest BCUT2D eigenvalue weighted by molar-refractivity contribution is -0.139. The van der Waals surface area contributed by atoms with Crippen LogP contribution in [0.4, 0.5) is 0 Å². The molecular weight excluding hydrogens is 878 g/mol. The van der Waals surface area contributed by atoms with Gasteiger partial charge in [0.2, 0.25) is 29.4 Å². The molecule has 6 aromatic rings. The topological polar surface area (TPSA) is 254 Å². The SMILES string of the molecule is COc1cc(OC)nc(Oc2cccc(Oc3nc(OC)cc(OC)n3)c2C(=O)O)n1.Cc1cnc2c(C(=O)O)c(Cl)ccc2c1.O=C(O)COc1nc(Cl)c(Cl)cc1Cl. The van der Waals surface area contributed by atoms with Crippen molar-refractivity contribution < 1.29 is 62.9 Å². The number of carboxylic acids is 3. The van der Waals surface area contributed by atoms with Crippen LogP contribution in [0, 0.1) is 6.92 Å². The standard InChI is InChI=1S/C19H18N4O8.C11H8ClNO2.C7H4Cl3NO3/c1-26-12-8-13(27-2)21-18(20-12)30-10-6-5-7-11(16(10)17(24)25)31-19-22-14(28-3)9-15(23-19)29-4;1-6-4-7-2-3-8(12)9(11(14)15)10(7)13-5-6;8-3-1-4(9)7(11-6(3)10)14-2-5(12)13/h5-9H,1-4H3,(H,24,25);2-5H,1H3,(H,14,15);1H,2H2,(H,12,13). The fraction of sp³-hybridized carbons (Fsp3) is 0.162. The van der Waals surface area contributed by atoms with Crippen LogP contribution in [0.5, 0.6) is 52.9 Å². The van der Waals surface area contributed by atoms with Crippen LogP contribution in [0.25, 0.3) is 10.9 Å². The lowest BCUT2D eigenvalue weighted by atomic mass is 10.1. The molecule has 314 valence electrons. The minimum absolute atomic E-state index is 0.0106. The number of halogens is 4. The number of ether oxygens (including phenoxy) is 7. The molecule has 0 bridgehead atoms. The van der Waals surface area contributed by atoms with E-state index in [4.69, 9.17) is 89.8 Å². The highest BCUT2D eigenvalue weighted by molar-refractivity contribution is 6.42. The molecule has 3 N–H and O–H groups in total. The van der Waals surface area contributed by atoms with Gasteiger partial charge in [-0.1, -0.05) is 58.5 Å². The molecule has 4 heterocycles. The summed E-state index contributed by atoms with van der Waals surface area (Å²) in [4.78, 5) is 57.0. The number of benzene rings is 2. The largest absolute Gasteiger partial charge is 0.481 e. The molecule has 23 heteroatoms. The summed E-state index contributed by atoms with van der Waals surface area (Å²) >= 11 is 22.6. The fourth-order valence-corrected chi connectivity index (χ4v) is 5.29. The zero-order valence-electron chi connectivity index (χ0n) is 31.6. The Bertz CT molecular complexity index is 2410. The van der Waals surface area contributed by atoms with Crippen LogP contribution >= 0.6 is 46.4 Å². The van der Waals surface area contributed by atoms with E-state index in [2.05, 4.69) is 29.9 Å². The lowest BCUT2D eigenvalue weighted by Crippen LogP contribution is -2.10. The molecule has 0 atom stereocenters. The third-order valence-electron chi connectivity index (χ3n) is 7.10. The minimum Gasteiger partial charge on any atom is -0.481 e. The van der Waals surface area contributed by atoms with Crippen LogP contribution in [0.2, 0.25) is 20.2 Å². The Kier molecular flexibility index (Phi) is 16.4. The van der Waals surface area contributed by atoms with Gasteiger partial charge in [-0.2, -0.15) is 24.9 Å². The second kappa shape index (κ2) is 21.4. The summed E-state index contributed by atoms with van der Waals surface area (Å²) < 4.78 is 36.2. The van der Waals surface area contributed by atoms with Crippen LogP contribution in [0.1, 0.15) is 26.3 Å². The van der Waals surface area contributed by atoms with Crippen molar-refractivity contribution >= 4 is 75.2 Å². The van der Waals surface area contributed by atoms with Crippen LogP contribution in [0.15, 0.2) is 60.8 Å². The van der Waals surface area contributed by atoms with Crippen molar-refractivity contribution in [1.29, 1.82) is 0 Å². The van der Waals surface area contributed by atoms with E-state index in [-0.39, 0.29) is 84.3 Å². The summed E-state index contributed by atoms with van der Waals surface area (Å²) in [7, 11) is 5.63. The summed E-state index contributed by atoms with van der Waals surface area (Å²) in [6, 6.07) is 13.4. The molecule has 0 amide bonds. The molecule has 0 saturated carbocycles. The van der Waals surface area contributed by atoms with Crippen LogP contribution < -0.4 is 33.2 Å². The van der Waals surface area contributed by atoms with Gasteiger partial charge in [-0.05, 0) is 42.8 Å². The number of aryl methyl sites for hydroxylation is 1. The molecule has 0 fully saturated rings. The number of aromatic carboxylic acids is 2. The van der Waals surface area contributed by atoms with Crippen molar-refractivity contribution in [2.24, 2.45) is 0 Å². The number of rotatable bonds is 13. The van der Waals surface area contributed by atoms with Crippen molar-refractivity contribution in [3.8, 4) is 52.9 Å². The molecule has 0 aliphatic rings. The van der Waals surface area contributed by atoms with E-state index < -0.39 is 24.5 Å². The third-order valence-corrected chi connectivity index (χ3v) is 8.36. The number of aliphatic carboxylic acids is 1. The molecule has 6 rings (SSSR count). The molecular formula is C37H30Cl4N6O13. The highest BCUT2D eigenvalue weighted by Gasteiger charge is 2.22. The second-order valence-electron chi connectivity index (χ2n) is 11.2. The maximum absolute atomic E-state index is 12.0. The summed E-state index contributed by atoms with van der Waals surface area (Å²) in [5.74, 6) is -3.06. The number of fused-ring (bicyclic) bond motifs is 1. The Balaban J connectivity index is 0.000000227. The number of hydrogen-bond acceptors (Lipinski definition) is 16. The summed E-state index contributed by atoms with van der Waals surface area (Å²) in [6.07, 6.45) is 1.63. The van der Waals surface area contributed by atoms with Crippen molar-refractivity contribution in [2.45, 2.75) is 6.92 Å². The smallest absolute Gasteiger partial charge is 0.343 e. The molecule has 60 heavy (non-hydrogen) atoms. The number of hydrogen-bond donors (Lipinski definition) is 3. The lowest BCUT2D eigenvalue weighted by Gasteiger charge is -2.13. The van der Waals surface area contributed by atoms with E-state index in [0.29, 0.717) is 5.52 Å². The highest BCUT2D eigenvalue weighted by atomic mass is 35.5. The fourth-order valence-electron chi connectivity index (χ4n) is 4.52. The first-order valence-electron chi connectivity index (χ1n) is 16.4. The second-order valence-corrected chi connectivity index (χ2v) is 12.7. The summed E-state index contributed by atoms with van der Waals surface area (Å²) in [5.41, 5.74) is 1.18. The molecule has 2 aromatic carbocycles. The predicted octanol–water partition coefficient (Wildman–Crippen LogP) is 7.98. The minimum atomic E-state index is -1.32. The van der Waals surface area contributed by atoms with Crippen molar-refractivity contribution in [1.82, 2.24) is 29.9 Å². The van der Waals surface area contributed by atoms with Gasteiger partial charge in [0.15, 0.2) is 11.8 Å². The average molecular weight is 908 g/mol. The zero-order valence-corrected chi connectivity index (χ0v) is 34.6. The van der Waals surface area contributed by atoms with Crippen LogP contribution in [0.3, 0.4) is 0 Å². The quantitative estimate of drug-likeness (QED) is 0.0928. The number of aromatic nitrogens is 6. The Morgan fingerprint density at radius 3 is 1.57 bits per heavy atom. The van der Waals surface area contributed by atoms with Gasteiger partial charge in [0, 0.05) is 11.6 Å². The molecule has 0 radical (unpaired) electrons. The van der Waals surface area contributed by atoms with Gasteiger partial charge in [0.05, 0.1) is 56.1 Å². The predicted molar refractivity (Wildman–Crippen MR) is 215 cm³/mol. The van der Waals surface area contributed by atoms with Gasteiger partial charge in [0.1, 0.15) is 27.6 Å². The first kappa shape index (κ1) is 46.0. The molecule has 0 aliphatic heterocycles. The van der Waals surface area contributed by atoms with E-state index in [1.807, 2.05) is 13.0 Å². The van der Waals surface area contributed by atoms with Gasteiger partial charge in [-0.25, -0.2) is 14.4 Å². The maximum atomic E-state index is 12.0. The normalized spacial score (nSPS) is 10.2. The summed E-state index contributed by atoms with van der Waals surface area (Å²) in [6.45, 7) is 1.37. The van der Waals surface area contributed by atoms with Crippen molar-refractivity contribution in [3.05, 3.63) is 97.7 Å². The Morgan fingerprint density at radius 1 is 0.617 bits per heavy atom.